The van der Waals surface area contributed by atoms with Crippen molar-refractivity contribution in [3.8, 4) is 0 Å². The zero-order valence-electron chi connectivity index (χ0n) is 16.6. The van der Waals surface area contributed by atoms with Gasteiger partial charge in [0, 0.05) is 32.4 Å². The maximum atomic E-state index is 4.50. The van der Waals surface area contributed by atoms with Crippen LogP contribution in [-0.4, -0.2) is 28.8 Å². The van der Waals surface area contributed by atoms with Crippen LogP contribution in [0.2, 0.25) is 0 Å². The fourth-order valence-corrected chi connectivity index (χ4v) is 3.12. The molecule has 5 heteroatoms. The molecular weight excluding hydrogens is 310 g/mol. The predicted molar refractivity (Wildman–Crippen MR) is 105 cm³/mol. The summed E-state index contributed by atoms with van der Waals surface area (Å²) in [6.45, 7) is 11.4. The van der Waals surface area contributed by atoms with E-state index >= 15 is 0 Å². The third-order valence-corrected chi connectivity index (χ3v) is 4.72. The molecule has 0 radical (unpaired) electrons. The quantitative estimate of drug-likeness (QED) is 0.649. The molecule has 2 rings (SSSR count). The first-order valence-corrected chi connectivity index (χ1v) is 8.84. The second kappa shape index (κ2) is 8.19. The Morgan fingerprint density at radius 3 is 2.52 bits per heavy atom. The number of aryl methyl sites for hydroxylation is 4. The molecule has 0 saturated heterocycles. The standard InChI is InChI=1S/C20H31N5/c1-13-8-9-18(14(2)10-13)12-22-20(21-6)23-15(3)11-19-16(4)24-25(7)17(19)5/h8-10,15H,11-12H2,1-7H3,(H2,21,22,23). The number of nitrogens with zero attached hydrogens (tertiary/aromatic N) is 3. The van der Waals surface area contributed by atoms with E-state index in [0.29, 0.717) is 0 Å². The van der Waals surface area contributed by atoms with Gasteiger partial charge in [-0.1, -0.05) is 23.8 Å². The molecule has 0 fully saturated rings. The summed E-state index contributed by atoms with van der Waals surface area (Å²) < 4.78 is 1.95. The monoisotopic (exact) mass is 341 g/mol. The molecule has 1 heterocycles. The minimum absolute atomic E-state index is 0.270. The Balaban J connectivity index is 1.95. The van der Waals surface area contributed by atoms with E-state index in [1.165, 1.54) is 27.9 Å². The number of hydrogen-bond acceptors (Lipinski definition) is 2. The third-order valence-electron chi connectivity index (χ3n) is 4.72. The van der Waals surface area contributed by atoms with E-state index in [-0.39, 0.29) is 6.04 Å². The van der Waals surface area contributed by atoms with Gasteiger partial charge < -0.3 is 10.6 Å². The highest BCUT2D eigenvalue weighted by Crippen LogP contribution is 2.14. The number of rotatable bonds is 5. The summed E-state index contributed by atoms with van der Waals surface area (Å²) in [5.74, 6) is 0.826. The summed E-state index contributed by atoms with van der Waals surface area (Å²) in [4.78, 5) is 4.36. The van der Waals surface area contributed by atoms with Crippen LogP contribution in [0.25, 0.3) is 0 Å². The van der Waals surface area contributed by atoms with Crippen molar-refractivity contribution in [3.05, 3.63) is 51.8 Å². The molecule has 5 nitrogen and oxygen atoms in total. The van der Waals surface area contributed by atoms with Gasteiger partial charge in [-0.25, -0.2) is 0 Å². The second-order valence-electron chi connectivity index (χ2n) is 6.88. The highest BCUT2D eigenvalue weighted by atomic mass is 15.3. The lowest BCUT2D eigenvalue weighted by molar-refractivity contribution is 0.635. The lowest BCUT2D eigenvalue weighted by Crippen LogP contribution is -2.42. The summed E-state index contributed by atoms with van der Waals surface area (Å²) in [6.07, 6.45) is 0.926. The fraction of sp³-hybridized carbons (Fsp3) is 0.500. The topological polar surface area (TPSA) is 54.2 Å². The van der Waals surface area contributed by atoms with Crippen LogP contribution in [0.15, 0.2) is 23.2 Å². The highest BCUT2D eigenvalue weighted by Gasteiger charge is 2.14. The summed E-state index contributed by atoms with van der Waals surface area (Å²) in [5.41, 5.74) is 7.53. The number of guanidine groups is 1. The second-order valence-corrected chi connectivity index (χ2v) is 6.88. The smallest absolute Gasteiger partial charge is 0.191 e. The van der Waals surface area contributed by atoms with E-state index in [1.54, 1.807) is 0 Å². The largest absolute Gasteiger partial charge is 0.354 e. The van der Waals surface area contributed by atoms with Gasteiger partial charge in [0.25, 0.3) is 0 Å². The van der Waals surface area contributed by atoms with Crippen molar-refractivity contribution in [2.45, 2.75) is 53.6 Å². The first-order valence-electron chi connectivity index (χ1n) is 8.84. The molecule has 0 amide bonds. The number of nitrogens with one attached hydrogen (secondary N) is 2. The number of aliphatic imine (C=N–C) groups is 1. The van der Waals surface area contributed by atoms with E-state index in [2.05, 4.69) is 73.5 Å². The van der Waals surface area contributed by atoms with Gasteiger partial charge in [0.15, 0.2) is 5.96 Å². The Hall–Kier alpha value is -2.30. The summed E-state index contributed by atoms with van der Waals surface area (Å²) in [7, 11) is 3.80. The van der Waals surface area contributed by atoms with Crippen molar-refractivity contribution in [3.63, 3.8) is 0 Å². The molecule has 0 bridgehead atoms. The first-order chi connectivity index (χ1) is 11.8. The molecule has 0 saturated carbocycles. The van der Waals surface area contributed by atoms with Crippen LogP contribution in [0.3, 0.4) is 0 Å². The van der Waals surface area contributed by atoms with Gasteiger partial charge in [-0.15, -0.1) is 0 Å². The Bertz CT molecular complexity index is 758. The molecule has 2 N–H and O–H groups in total. The number of aromatic nitrogens is 2. The molecule has 0 aliphatic carbocycles. The van der Waals surface area contributed by atoms with E-state index in [0.717, 1.165) is 24.6 Å². The maximum Gasteiger partial charge on any atom is 0.191 e. The van der Waals surface area contributed by atoms with E-state index in [4.69, 9.17) is 0 Å². The molecule has 25 heavy (non-hydrogen) atoms. The van der Waals surface area contributed by atoms with Crippen LogP contribution in [0.4, 0.5) is 0 Å². The van der Waals surface area contributed by atoms with Crippen molar-refractivity contribution >= 4 is 5.96 Å². The van der Waals surface area contributed by atoms with Gasteiger partial charge in [0.2, 0.25) is 0 Å². The lowest BCUT2D eigenvalue weighted by Gasteiger charge is -2.19. The third kappa shape index (κ3) is 4.84. The van der Waals surface area contributed by atoms with Crippen molar-refractivity contribution in [2.75, 3.05) is 7.05 Å². The average molecular weight is 342 g/mol. The van der Waals surface area contributed by atoms with Gasteiger partial charge in [-0.2, -0.15) is 5.10 Å². The number of hydrogen-bond donors (Lipinski definition) is 2. The normalized spacial score (nSPS) is 13.0. The Morgan fingerprint density at radius 1 is 1.24 bits per heavy atom. The zero-order chi connectivity index (χ0) is 18.6. The van der Waals surface area contributed by atoms with E-state index in [9.17, 15) is 0 Å². The molecule has 136 valence electrons. The Kier molecular flexibility index (Phi) is 6.23. The van der Waals surface area contributed by atoms with Gasteiger partial charge in [-0.05, 0) is 57.7 Å². The highest BCUT2D eigenvalue weighted by molar-refractivity contribution is 5.80. The van der Waals surface area contributed by atoms with Crippen molar-refractivity contribution in [2.24, 2.45) is 12.0 Å². The predicted octanol–water partition coefficient (Wildman–Crippen LogP) is 2.95. The zero-order valence-corrected chi connectivity index (χ0v) is 16.6. The molecule has 2 aromatic rings. The van der Waals surface area contributed by atoms with Crippen LogP contribution in [0, 0.1) is 27.7 Å². The molecule has 1 atom stereocenters. The summed E-state index contributed by atoms with van der Waals surface area (Å²) in [6, 6.07) is 6.81. The van der Waals surface area contributed by atoms with Gasteiger partial charge in [-0.3, -0.25) is 9.67 Å². The molecule has 0 spiro atoms. The SMILES string of the molecule is CN=C(NCc1ccc(C)cc1C)NC(C)Cc1c(C)nn(C)c1C. The minimum Gasteiger partial charge on any atom is -0.354 e. The van der Waals surface area contributed by atoms with Gasteiger partial charge in [0.1, 0.15) is 0 Å². The molecular formula is C20H31N5. The Labute approximate surface area is 151 Å². The van der Waals surface area contributed by atoms with Crippen LogP contribution in [-0.2, 0) is 20.0 Å². The van der Waals surface area contributed by atoms with Crippen LogP contribution in [0.5, 0.6) is 0 Å². The Morgan fingerprint density at radius 2 is 1.96 bits per heavy atom. The summed E-state index contributed by atoms with van der Waals surface area (Å²) >= 11 is 0. The van der Waals surface area contributed by atoms with Gasteiger partial charge in [0.05, 0.1) is 5.69 Å². The van der Waals surface area contributed by atoms with Crippen LogP contribution >= 0.6 is 0 Å². The van der Waals surface area contributed by atoms with Gasteiger partial charge >= 0.3 is 0 Å². The lowest BCUT2D eigenvalue weighted by atomic mass is 10.1. The average Bonchev–Trinajstić information content (AvgIpc) is 2.79. The molecule has 0 aliphatic heterocycles. The van der Waals surface area contributed by atoms with Crippen LogP contribution < -0.4 is 10.6 Å². The van der Waals surface area contributed by atoms with Crippen molar-refractivity contribution in [1.82, 2.24) is 20.4 Å². The number of benzene rings is 1. The molecule has 1 unspecified atom stereocenters. The van der Waals surface area contributed by atoms with E-state index < -0.39 is 0 Å². The first kappa shape index (κ1) is 19.0. The van der Waals surface area contributed by atoms with Crippen LogP contribution in [0.1, 0.15) is 40.6 Å². The van der Waals surface area contributed by atoms with Crippen molar-refractivity contribution < 1.29 is 0 Å². The van der Waals surface area contributed by atoms with Crippen molar-refractivity contribution in [1.29, 1.82) is 0 Å². The molecule has 1 aromatic heterocycles. The fourth-order valence-electron chi connectivity index (χ4n) is 3.12. The molecule has 1 aromatic carbocycles. The van der Waals surface area contributed by atoms with E-state index in [1.807, 2.05) is 18.8 Å². The molecule has 0 aliphatic rings. The summed E-state index contributed by atoms with van der Waals surface area (Å²) in [5, 5.41) is 11.4. The maximum absolute atomic E-state index is 4.50. The minimum atomic E-state index is 0.270.